The quantitative estimate of drug-likeness (QED) is 0.819. The maximum Gasteiger partial charge on any atom is 0.335 e. The molecule has 1 heterocycles. The van der Waals surface area contributed by atoms with Gasteiger partial charge in [0, 0.05) is 25.1 Å². The Hall–Kier alpha value is -2.14. The van der Waals surface area contributed by atoms with Gasteiger partial charge in [-0.15, -0.1) is 0 Å². The van der Waals surface area contributed by atoms with E-state index in [1.54, 1.807) is 12.1 Å². The summed E-state index contributed by atoms with van der Waals surface area (Å²) < 4.78 is 5.33. The summed E-state index contributed by atoms with van der Waals surface area (Å²) >= 11 is 0. The first-order valence-electron chi connectivity index (χ1n) is 7.14. The van der Waals surface area contributed by atoms with Gasteiger partial charge in [-0.1, -0.05) is 31.1 Å². The Bertz CT molecular complexity index is 581. The summed E-state index contributed by atoms with van der Waals surface area (Å²) in [6.07, 6.45) is 1.69. The highest BCUT2D eigenvalue weighted by atomic mass is 16.5. The van der Waals surface area contributed by atoms with Gasteiger partial charge < -0.3 is 14.9 Å². The van der Waals surface area contributed by atoms with Gasteiger partial charge in [0.1, 0.15) is 5.76 Å². The van der Waals surface area contributed by atoms with Gasteiger partial charge in [0.2, 0.25) is 0 Å². The highest BCUT2D eigenvalue weighted by Crippen LogP contribution is 2.15. The van der Waals surface area contributed by atoms with Crippen LogP contribution in [0.15, 0.2) is 28.8 Å². The summed E-state index contributed by atoms with van der Waals surface area (Å²) in [5, 5.41) is 16.3. The number of benzene rings is 1. The van der Waals surface area contributed by atoms with Crippen LogP contribution in [0.25, 0.3) is 0 Å². The first-order chi connectivity index (χ1) is 10.2. The van der Waals surface area contributed by atoms with Crippen LogP contribution >= 0.6 is 0 Å². The third kappa shape index (κ3) is 3.70. The molecule has 2 N–H and O–H groups in total. The lowest BCUT2D eigenvalue weighted by Crippen LogP contribution is -2.14. The van der Waals surface area contributed by atoms with E-state index in [-0.39, 0.29) is 0 Å². The molecule has 0 unspecified atom stereocenters. The molecule has 5 nitrogen and oxygen atoms in total. The number of rotatable bonds is 7. The summed E-state index contributed by atoms with van der Waals surface area (Å²) in [6.45, 7) is 5.49. The lowest BCUT2D eigenvalue weighted by molar-refractivity contribution is 0.0697. The molecule has 0 bridgehead atoms. The number of aromatic nitrogens is 1. The smallest absolute Gasteiger partial charge is 0.335 e. The fourth-order valence-corrected chi connectivity index (χ4v) is 2.23. The Morgan fingerprint density at radius 2 is 1.90 bits per heavy atom. The molecule has 0 radical (unpaired) electrons. The highest BCUT2D eigenvalue weighted by molar-refractivity contribution is 5.87. The Morgan fingerprint density at radius 3 is 2.48 bits per heavy atom. The van der Waals surface area contributed by atoms with Gasteiger partial charge in [-0.3, -0.25) is 0 Å². The lowest BCUT2D eigenvalue weighted by atomic mass is 10.1. The van der Waals surface area contributed by atoms with Crippen molar-refractivity contribution in [1.82, 2.24) is 10.5 Å². The van der Waals surface area contributed by atoms with Crippen LogP contribution in [0.2, 0.25) is 0 Å². The molecule has 0 aliphatic rings. The summed E-state index contributed by atoms with van der Waals surface area (Å²) in [5.41, 5.74) is 3.50. The molecule has 0 saturated carbocycles. The van der Waals surface area contributed by atoms with E-state index >= 15 is 0 Å². The van der Waals surface area contributed by atoms with Gasteiger partial charge in [0.05, 0.1) is 11.3 Å². The molecule has 1 aromatic heterocycles. The third-order valence-corrected chi connectivity index (χ3v) is 3.44. The molecule has 0 atom stereocenters. The van der Waals surface area contributed by atoms with E-state index in [9.17, 15) is 4.79 Å². The second kappa shape index (κ2) is 7.04. The molecule has 0 saturated heterocycles. The molecule has 2 aromatic rings. The van der Waals surface area contributed by atoms with E-state index < -0.39 is 5.97 Å². The van der Waals surface area contributed by atoms with E-state index in [4.69, 9.17) is 9.63 Å². The number of nitrogens with one attached hydrogen (secondary N) is 1. The number of carbonyl (C=O) groups is 1. The molecule has 0 spiro atoms. The average molecular weight is 288 g/mol. The van der Waals surface area contributed by atoms with E-state index in [1.807, 2.05) is 19.1 Å². The van der Waals surface area contributed by atoms with Crippen LogP contribution in [-0.2, 0) is 25.9 Å². The molecule has 0 fully saturated rings. The molecule has 0 aliphatic carbocycles. The number of carboxylic acid groups (broad SMARTS) is 1. The molecule has 2 rings (SSSR count). The molecular formula is C16H20N2O3. The van der Waals surface area contributed by atoms with Crippen molar-refractivity contribution in [3.63, 3.8) is 0 Å². The minimum atomic E-state index is -0.904. The molecule has 0 amide bonds. The van der Waals surface area contributed by atoms with E-state index in [2.05, 4.69) is 17.4 Å². The Labute approximate surface area is 124 Å². The van der Waals surface area contributed by atoms with Crippen molar-refractivity contribution in [3.05, 3.63) is 52.4 Å². The fourth-order valence-electron chi connectivity index (χ4n) is 2.23. The van der Waals surface area contributed by atoms with Crippen LogP contribution in [0, 0.1) is 0 Å². The highest BCUT2D eigenvalue weighted by Gasteiger charge is 2.12. The standard InChI is InChI=1S/C16H20N2O3/c1-3-14-13(15(4-2)21-18-14)10-17-9-11-5-7-12(8-6-11)16(19)20/h5-8,17H,3-4,9-10H2,1-2H3,(H,19,20). The van der Waals surface area contributed by atoms with Gasteiger partial charge in [-0.25, -0.2) is 4.79 Å². The van der Waals surface area contributed by atoms with Gasteiger partial charge in [-0.2, -0.15) is 0 Å². The van der Waals surface area contributed by atoms with Crippen LogP contribution < -0.4 is 5.32 Å². The lowest BCUT2D eigenvalue weighted by Gasteiger charge is -2.06. The monoisotopic (exact) mass is 288 g/mol. The largest absolute Gasteiger partial charge is 0.478 e. The zero-order chi connectivity index (χ0) is 15.2. The average Bonchev–Trinajstić information content (AvgIpc) is 2.90. The maximum atomic E-state index is 10.8. The summed E-state index contributed by atoms with van der Waals surface area (Å²) in [5.74, 6) is 0.0275. The Balaban J connectivity index is 1.95. The predicted octanol–water partition coefficient (Wildman–Crippen LogP) is 2.79. The molecule has 21 heavy (non-hydrogen) atoms. The van der Waals surface area contributed by atoms with Crippen molar-refractivity contribution in [2.45, 2.75) is 39.8 Å². The molecular weight excluding hydrogens is 268 g/mol. The fraction of sp³-hybridized carbons (Fsp3) is 0.375. The Kier molecular flexibility index (Phi) is 5.11. The third-order valence-electron chi connectivity index (χ3n) is 3.44. The van der Waals surface area contributed by atoms with Gasteiger partial charge in [0.15, 0.2) is 0 Å². The van der Waals surface area contributed by atoms with Gasteiger partial charge in [-0.05, 0) is 24.1 Å². The van der Waals surface area contributed by atoms with Crippen molar-refractivity contribution >= 4 is 5.97 Å². The summed E-state index contributed by atoms with van der Waals surface area (Å²) in [4.78, 5) is 10.8. The first kappa shape index (κ1) is 15.3. The minimum absolute atomic E-state index is 0.305. The number of nitrogens with zero attached hydrogens (tertiary/aromatic N) is 1. The Morgan fingerprint density at radius 1 is 1.19 bits per heavy atom. The van der Waals surface area contributed by atoms with E-state index in [1.165, 1.54) is 0 Å². The van der Waals surface area contributed by atoms with Crippen LogP contribution in [0.4, 0.5) is 0 Å². The van der Waals surface area contributed by atoms with Crippen molar-refractivity contribution in [1.29, 1.82) is 0 Å². The summed E-state index contributed by atoms with van der Waals surface area (Å²) in [6, 6.07) is 6.89. The molecule has 0 aliphatic heterocycles. The maximum absolute atomic E-state index is 10.8. The van der Waals surface area contributed by atoms with Crippen molar-refractivity contribution < 1.29 is 14.4 Å². The number of aromatic carboxylic acids is 1. The molecule has 112 valence electrons. The second-order valence-electron chi connectivity index (χ2n) is 4.84. The minimum Gasteiger partial charge on any atom is -0.478 e. The van der Waals surface area contributed by atoms with Gasteiger partial charge in [0.25, 0.3) is 0 Å². The second-order valence-corrected chi connectivity index (χ2v) is 4.84. The van der Waals surface area contributed by atoms with Crippen LogP contribution in [0.1, 0.15) is 46.8 Å². The molecule has 1 aromatic carbocycles. The van der Waals surface area contributed by atoms with Crippen molar-refractivity contribution in [3.8, 4) is 0 Å². The van der Waals surface area contributed by atoms with Gasteiger partial charge >= 0.3 is 5.97 Å². The van der Waals surface area contributed by atoms with E-state index in [0.717, 1.165) is 35.4 Å². The van der Waals surface area contributed by atoms with Crippen molar-refractivity contribution in [2.24, 2.45) is 0 Å². The molecule has 5 heteroatoms. The zero-order valence-electron chi connectivity index (χ0n) is 12.3. The number of aryl methyl sites for hydroxylation is 2. The van der Waals surface area contributed by atoms with Crippen molar-refractivity contribution in [2.75, 3.05) is 0 Å². The van der Waals surface area contributed by atoms with Crippen LogP contribution in [0.3, 0.4) is 0 Å². The topological polar surface area (TPSA) is 75.4 Å². The summed E-state index contributed by atoms with van der Waals surface area (Å²) in [7, 11) is 0. The van der Waals surface area contributed by atoms with Crippen LogP contribution in [-0.4, -0.2) is 16.2 Å². The predicted molar refractivity (Wildman–Crippen MR) is 79.2 cm³/mol. The van der Waals surface area contributed by atoms with E-state index in [0.29, 0.717) is 18.7 Å². The number of carboxylic acids is 1. The number of hydrogen-bond acceptors (Lipinski definition) is 4. The van der Waals surface area contributed by atoms with Crippen LogP contribution in [0.5, 0.6) is 0 Å². The normalized spacial score (nSPS) is 10.8. The number of hydrogen-bond donors (Lipinski definition) is 2. The first-order valence-corrected chi connectivity index (χ1v) is 7.14. The SMILES string of the molecule is CCc1noc(CC)c1CNCc1ccc(C(=O)O)cc1. The zero-order valence-corrected chi connectivity index (χ0v) is 12.3.